The molecule has 0 heterocycles. The van der Waals surface area contributed by atoms with Gasteiger partial charge in [-0.1, -0.05) is 43.5 Å². The molecule has 2 nitrogen and oxygen atoms in total. The third-order valence-electron chi connectivity index (χ3n) is 1.71. The van der Waals surface area contributed by atoms with Crippen LogP contribution in [0.3, 0.4) is 0 Å². The summed E-state index contributed by atoms with van der Waals surface area (Å²) in [7, 11) is 0. The topological polar surface area (TPSA) is 24.4 Å². The Morgan fingerprint density at radius 1 is 1.06 bits per heavy atom. The largest absolute Gasteiger partial charge is 0.340 e. The molecular weight excluding hydrogens is 208 g/mol. The van der Waals surface area contributed by atoms with Gasteiger partial charge in [0.25, 0.3) is 0 Å². The minimum Gasteiger partial charge on any atom is -0.340 e. The number of nitrogens with one attached hydrogen (secondary N) is 1. The van der Waals surface area contributed by atoms with Gasteiger partial charge in [-0.05, 0) is 32.1 Å². The fourth-order valence-electron chi connectivity index (χ4n) is 1.04. The number of amidine groups is 1. The predicted molar refractivity (Wildman–Crippen MR) is 77.8 cm³/mol. The quantitative estimate of drug-likeness (QED) is 0.416. The molecule has 0 aliphatic heterocycles. The fourth-order valence-corrected chi connectivity index (χ4v) is 1.04. The Kier molecular flexibility index (Phi) is 9.15. The summed E-state index contributed by atoms with van der Waals surface area (Å²) in [6.45, 7) is 11.1. The summed E-state index contributed by atoms with van der Waals surface area (Å²) >= 11 is 0. The van der Waals surface area contributed by atoms with Gasteiger partial charge in [-0.3, -0.25) is 0 Å². The first kappa shape index (κ1) is 14.9. The van der Waals surface area contributed by atoms with Crippen molar-refractivity contribution in [3.8, 4) is 0 Å². The molecule has 0 rings (SSSR count). The first-order valence-corrected chi connectivity index (χ1v) is 5.49. The van der Waals surface area contributed by atoms with Gasteiger partial charge in [0, 0.05) is 11.9 Å². The molecule has 0 aromatic heterocycles. The van der Waals surface area contributed by atoms with E-state index >= 15 is 0 Å². The van der Waals surface area contributed by atoms with Crippen molar-refractivity contribution in [3.05, 3.63) is 73.7 Å². The number of allylic oxidation sites excluding steroid dienone is 7. The smallest absolute Gasteiger partial charge is 0.130 e. The van der Waals surface area contributed by atoms with E-state index in [9.17, 15) is 0 Å². The molecule has 0 aromatic carbocycles. The Balaban J connectivity index is 4.92. The zero-order valence-electron chi connectivity index (χ0n) is 10.6. The highest BCUT2D eigenvalue weighted by molar-refractivity contribution is 5.95. The molecule has 0 aromatic rings. The van der Waals surface area contributed by atoms with Crippen molar-refractivity contribution in [2.75, 3.05) is 0 Å². The van der Waals surface area contributed by atoms with Crippen LogP contribution in [0.1, 0.15) is 13.8 Å². The van der Waals surface area contributed by atoms with Crippen LogP contribution in [0.2, 0.25) is 0 Å². The van der Waals surface area contributed by atoms with Crippen molar-refractivity contribution in [1.29, 1.82) is 0 Å². The lowest BCUT2D eigenvalue weighted by Gasteiger charge is -2.05. The normalized spacial score (nSPS) is 13.8. The summed E-state index contributed by atoms with van der Waals surface area (Å²) in [6, 6.07) is 0. The third kappa shape index (κ3) is 7.79. The van der Waals surface area contributed by atoms with Gasteiger partial charge >= 0.3 is 0 Å². The van der Waals surface area contributed by atoms with Crippen LogP contribution in [0.25, 0.3) is 0 Å². The zero-order valence-corrected chi connectivity index (χ0v) is 10.6. The minimum absolute atomic E-state index is 0.716. The molecule has 90 valence electrons. The molecule has 2 heteroatoms. The lowest BCUT2D eigenvalue weighted by Crippen LogP contribution is -2.19. The van der Waals surface area contributed by atoms with Gasteiger partial charge in [0.2, 0.25) is 0 Å². The van der Waals surface area contributed by atoms with Crippen molar-refractivity contribution >= 4 is 5.84 Å². The molecule has 0 aliphatic rings. The van der Waals surface area contributed by atoms with Crippen LogP contribution in [-0.2, 0) is 0 Å². The molecule has 0 unspecified atom stereocenters. The number of hydrogen-bond donors (Lipinski definition) is 1. The van der Waals surface area contributed by atoms with Crippen LogP contribution in [0.5, 0.6) is 0 Å². The van der Waals surface area contributed by atoms with Crippen LogP contribution in [0.15, 0.2) is 78.7 Å². The standard InChI is InChI=1S/C15H20N2/c1-5-9-12-14(11-7-3)17-15(16-8-4)13-10-6-2/h5-13H,2,4H2,1,3H3,(H,16,17)/b9-5-,11-7-,13-10-,14-12+. The third-order valence-corrected chi connectivity index (χ3v) is 1.71. The number of nitrogens with zero attached hydrogens (tertiary/aromatic N) is 1. The second kappa shape index (κ2) is 10.4. The summed E-state index contributed by atoms with van der Waals surface area (Å²) < 4.78 is 0. The van der Waals surface area contributed by atoms with Gasteiger partial charge < -0.3 is 5.32 Å². The van der Waals surface area contributed by atoms with Crippen molar-refractivity contribution in [2.24, 2.45) is 4.99 Å². The summed E-state index contributed by atoms with van der Waals surface area (Å²) in [4.78, 5) is 4.13. The molecule has 0 spiro atoms. The second-order valence-electron chi connectivity index (χ2n) is 3.06. The van der Waals surface area contributed by atoms with Gasteiger partial charge in [0.05, 0.1) is 0 Å². The SMILES string of the molecule is C=C/C=C\C(=NC=C)NC(/C=C\C)=C/C=C\C. The molecule has 0 fully saturated rings. The van der Waals surface area contributed by atoms with Crippen LogP contribution >= 0.6 is 0 Å². The van der Waals surface area contributed by atoms with E-state index in [2.05, 4.69) is 23.5 Å². The van der Waals surface area contributed by atoms with E-state index < -0.39 is 0 Å². The van der Waals surface area contributed by atoms with Crippen molar-refractivity contribution in [3.63, 3.8) is 0 Å². The Hall–Kier alpha value is -2.09. The first-order valence-electron chi connectivity index (χ1n) is 5.49. The Labute approximate surface area is 104 Å². The minimum atomic E-state index is 0.716. The fraction of sp³-hybridized carbons (Fsp3) is 0.133. The van der Waals surface area contributed by atoms with Crippen molar-refractivity contribution in [1.82, 2.24) is 5.32 Å². The Bertz CT molecular complexity index is 380. The molecule has 17 heavy (non-hydrogen) atoms. The summed E-state index contributed by atoms with van der Waals surface area (Å²) in [5.74, 6) is 0.716. The van der Waals surface area contributed by atoms with E-state index in [1.165, 1.54) is 6.20 Å². The van der Waals surface area contributed by atoms with Crippen LogP contribution in [0.4, 0.5) is 0 Å². The Morgan fingerprint density at radius 3 is 2.35 bits per heavy atom. The average molecular weight is 228 g/mol. The number of rotatable bonds is 6. The van der Waals surface area contributed by atoms with Crippen molar-refractivity contribution < 1.29 is 0 Å². The average Bonchev–Trinajstić information content (AvgIpc) is 2.33. The highest BCUT2D eigenvalue weighted by Gasteiger charge is 1.94. The summed E-state index contributed by atoms with van der Waals surface area (Å²) in [6.07, 6.45) is 16.7. The van der Waals surface area contributed by atoms with E-state index in [-0.39, 0.29) is 0 Å². The first-order chi connectivity index (χ1) is 8.28. The molecule has 0 saturated heterocycles. The molecule has 0 aliphatic carbocycles. The molecular formula is C15H20N2. The maximum absolute atomic E-state index is 4.13. The van der Waals surface area contributed by atoms with Gasteiger partial charge in [-0.15, -0.1) is 0 Å². The van der Waals surface area contributed by atoms with Gasteiger partial charge in [0.15, 0.2) is 0 Å². The molecule has 0 amide bonds. The number of aliphatic imine (C=N–C) groups is 1. The molecule has 0 atom stereocenters. The maximum Gasteiger partial charge on any atom is 0.130 e. The van der Waals surface area contributed by atoms with E-state index in [0.29, 0.717) is 5.84 Å². The Morgan fingerprint density at radius 2 is 1.82 bits per heavy atom. The van der Waals surface area contributed by atoms with Gasteiger partial charge in [0.1, 0.15) is 5.84 Å². The molecule has 0 radical (unpaired) electrons. The van der Waals surface area contributed by atoms with E-state index in [1.54, 1.807) is 6.08 Å². The monoisotopic (exact) mass is 228 g/mol. The molecule has 0 bridgehead atoms. The van der Waals surface area contributed by atoms with Crippen molar-refractivity contribution in [2.45, 2.75) is 13.8 Å². The van der Waals surface area contributed by atoms with Crippen LogP contribution < -0.4 is 5.32 Å². The summed E-state index contributed by atoms with van der Waals surface area (Å²) in [5.41, 5.74) is 0.958. The van der Waals surface area contributed by atoms with Crippen LogP contribution in [0, 0.1) is 0 Å². The van der Waals surface area contributed by atoms with E-state index in [1.807, 2.05) is 56.4 Å². The lowest BCUT2D eigenvalue weighted by atomic mass is 10.3. The molecule has 0 saturated carbocycles. The summed E-state index contributed by atoms with van der Waals surface area (Å²) in [5, 5.41) is 3.19. The predicted octanol–water partition coefficient (Wildman–Crippen LogP) is 3.90. The van der Waals surface area contributed by atoms with Gasteiger partial charge in [-0.25, -0.2) is 4.99 Å². The van der Waals surface area contributed by atoms with E-state index in [4.69, 9.17) is 0 Å². The van der Waals surface area contributed by atoms with Crippen LogP contribution in [-0.4, -0.2) is 5.84 Å². The lowest BCUT2D eigenvalue weighted by molar-refractivity contribution is 1.17. The highest BCUT2D eigenvalue weighted by Crippen LogP contribution is 1.95. The van der Waals surface area contributed by atoms with E-state index in [0.717, 1.165) is 5.70 Å². The highest BCUT2D eigenvalue weighted by atomic mass is 15.0. The zero-order chi connectivity index (χ0) is 12.9. The van der Waals surface area contributed by atoms with Gasteiger partial charge in [-0.2, -0.15) is 0 Å². The molecule has 1 N–H and O–H groups in total. The maximum atomic E-state index is 4.13. The second-order valence-corrected chi connectivity index (χ2v) is 3.06. The number of hydrogen-bond acceptors (Lipinski definition) is 1.